The minimum Gasteiger partial charge on any atom is -0.342 e. The van der Waals surface area contributed by atoms with Gasteiger partial charge in [0.2, 0.25) is 0 Å². The minimum absolute atomic E-state index is 0.000250. The van der Waals surface area contributed by atoms with Gasteiger partial charge < -0.3 is 4.90 Å². The number of nitrogens with zero attached hydrogens (tertiary/aromatic N) is 2. The van der Waals surface area contributed by atoms with Crippen LogP contribution in [-0.4, -0.2) is 29.4 Å². The molecule has 0 aliphatic carbocycles. The number of carbonyl (C=O) groups is 1. The molecule has 0 fully saturated rings. The fourth-order valence-electron chi connectivity index (χ4n) is 1.42. The highest BCUT2D eigenvalue weighted by atomic mass is 35.5. The van der Waals surface area contributed by atoms with Crippen LogP contribution >= 0.6 is 11.6 Å². The van der Waals surface area contributed by atoms with Gasteiger partial charge in [-0.1, -0.05) is 31.4 Å². The fraction of sp³-hybridized carbons (Fsp3) is 0.500. The van der Waals surface area contributed by atoms with E-state index in [0.29, 0.717) is 10.7 Å². The first-order valence-electron chi connectivity index (χ1n) is 5.52. The van der Waals surface area contributed by atoms with E-state index in [1.807, 2.05) is 7.05 Å². The highest BCUT2D eigenvalue weighted by Crippen LogP contribution is 2.08. The van der Waals surface area contributed by atoms with Crippen LogP contribution in [0.15, 0.2) is 18.3 Å². The summed E-state index contributed by atoms with van der Waals surface area (Å²) < 4.78 is 0. The van der Waals surface area contributed by atoms with Crippen LogP contribution in [0.5, 0.6) is 0 Å². The molecule has 1 heterocycles. The van der Waals surface area contributed by atoms with Gasteiger partial charge in [0.05, 0.1) is 5.56 Å². The van der Waals surface area contributed by atoms with Gasteiger partial charge in [-0.05, 0) is 18.6 Å². The van der Waals surface area contributed by atoms with Gasteiger partial charge in [0.1, 0.15) is 5.15 Å². The summed E-state index contributed by atoms with van der Waals surface area (Å²) in [7, 11) is 1.81. The molecule has 0 saturated heterocycles. The Hall–Kier alpha value is -1.09. The smallest absolute Gasteiger partial charge is 0.255 e. The van der Waals surface area contributed by atoms with E-state index in [4.69, 9.17) is 11.6 Å². The second kappa shape index (κ2) is 6.48. The van der Waals surface area contributed by atoms with Crippen molar-refractivity contribution in [2.75, 3.05) is 13.6 Å². The molecule has 88 valence electrons. The summed E-state index contributed by atoms with van der Waals surface area (Å²) in [6.45, 7) is 2.93. The number of pyridine rings is 1. The zero-order valence-corrected chi connectivity index (χ0v) is 10.5. The van der Waals surface area contributed by atoms with Crippen LogP contribution < -0.4 is 0 Å². The third-order valence-corrected chi connectivity index (χ3v) is 2.64. The van der Waals surface area contributed by atoms with Crippen molar-refractivity contribution in [1.82, 2.24) is 9.88 Å². The Labute approximate surface area is 101 Å². The van der Waals surface area contributed by atoms with Crippen molar-refractivity contribution in [2.45, 2.75) is 26.2 Å². The summed E-state index contributed by atoms with van der Waals surface area (Å²) >= 11 is 5.66. The molecule has 1 aromatic heterocycles. The first-order chi connectivity index (χ1) is 7.65. The van der Waals surface area contributed by atoms with Gasteiger partial charge >= 0.3 is 0 Å². The van der Waals surface area contributed by atoms with Gasteiger partial charge in [0, 0.05) is 19.8 Å². The van der Waals surface area contributed by atoms with Crippen molar-refractivity contribution < 1.29 is 4.79 Å². The zero-order chi connectivity index (χ0) is 12.0. The Kier molecular flexibility index (Phi) is 5.26. The molecule has 0 unspecified atom stereocenters. The molecule has 0 saturated carbocycles. The summed E-state index contributed by atoms with van der Waals surface area (Å²) in [5.74, 6) is 0.000250. The van der Waals surface area contributed by atoms with E-state index >= 15 is 0 Å². The van der Waals surface area contributed by atoms with Crippen molar-refractivity contribution in [1.29, 1.82) is 0 Å². The second-order valence-corrected chi connectivity index (χ2v) is 4.19. The van der Waals surface area contributed by atoms with Gasteiger partial charge in [0.15, 0.2) is 0 Å². The van der Waals surface area contributed by atoms with Crippen LogP contribution in [-0.2, 0) is 0 Å². The number of carbonyl (C=O) groups excluding carboxylic acids is 1. The Morgan fingerprint density at radius 3 is 2.75 bits per heavy atom. The maximum atomic E-state index is 11.9. The fourth-order valence-corrected chi connectivity index (χ4v) is 1.54. The Morgan fingerprint density at radius 2 is 2.19 bits per heavy atom. The second-order valence-electron chi connectivity index (χ2n) is 3.80. The third-order valence-electron chi connectivity index (χ3n) is 2.42. The molecular formula is C12H17ClN2O. The van der Waals surface area contributed by atoms with Crippen LogP contribution in [0.3, 0.4) is 0 Å². The molecule has 4 heteroatoms. The number of amides is 1. The van der Waals surface area contributed by atoms with Gasteiger partial charge in [-0.25, -0.2) is 4.98 Å². The van der Waals surface area contributed by atoms with Crippen molar-refractivity contribution in [2.24, 2.45) is 0 Å². The molecule has 1 rings (SSSR count). The molecule has 0 bridgehead atoms. The molecule has 16 heavy (non-hydrogen) atoms. The van der Waals surface area contributed by atoms with Crippen molar-refractivity contribution >= 4 is 17.5 Å². The molecule has 3 nitrogen and oxygen atoms in total. The molecule has 0 spiro atoms. The summed E-state index contributed by atoms with van der Waals surface area (Å²) in [6, 6.07) is 3.34. The monoisotopic (exact) mass is 240 g/mol. The normalized spacial score (nSPS) is 10.2. The topological polar surface area (TPSA) is 33.2 Å². The number of rotatable bonds is 5. The van der Waals surface area contributed by atoms with Crippen LogP contribution in [0.1, 0.15) is 36.5 Å². The molecule has 0 aromatic carbocycles. The van der Waals surface area contributed by atoms with Gasteiger partial charge in [-0.15, -0.1) is 0 Å². The lowest BCUT2D eigenvalue weighted by molar-refractivity contribution is 0.0792. The summed E-state index contributed by atoms with van der Waals surface area (Å²) in [6.07, 6.45) is 4.86. The van der Waals surface area contributed by atoms with Gasteiger partial charge in [-0.2, -0.15) is 0 Å². The van der Waals surface area contributed by atoms with Crippen molar-refractivity contribution in [3.63, 3.8) is 0 Å². The summed E-state index contributed by atoms with van der Waals surface area (Å²) in [5, 5.41) is 0.408. The SMILES string of the molecule is CCCCCN(C)C(=O)c1ccc(Cl)nc1. The lowest BCUT2D eigenvalue weighted by atomic mass is 10.2. The van der Waals surface area contributed by atoms with Crippen LogP contribution in [0.4, 0.5) is 0 Å². The largest absolute Gasteiger partial charge is 0.342 e. The lowest BCUT2D eigenvalue weighted by Gasteiger charge is -2.16. The molecule has 0 atom stereocenters. The molecule has 0 aliphatic rings. The van der Waals surface area contributed by atoms with E-state index in [1.54, 1.807) is 17.0 Å². The predicted octanol–water partition coefficient (Wildman–Crippen LogP) is 3.00. The van der Waals surface area contributed by atoms with E-state index in [1.165, 1.54) is 6.20 Å². The number of aromatic nitrogens is 1. The minimum atomic E-state index is 0.000250. The number of halogens is 1. The van der Waals surface area contributed by atoms with E-state index in [2.05, 4.69) is 11.9 Å². The molecule has 1 aromatic rings. The highest BCUT2D eigenvalue weighted by molar-refractivity contribution is 6.29. The first-order valence-corrected chi connectivity index (χ1v) is 5.90. The zero-order valence-electron chi connectivity index (χ0n) is 9.74. The van der Waals surface area contributed by atoms with E-state index in [0.717, 1.165) is 25.8 Å². The molecular weight excluding hydrogens is 224 g/mol. The number of hydrogen-bond donors (Lipinski definition) is 0. The first kappa shape index (κ1) is 13.0. The summed E-state index contributed by atoms with van der Waals surface area (Å²) in [5.41, 5.74) is 0.586. The Bertz CT molecular complexity index is 337. The Morgan fingerprint density at radius 1 is 1.44 bits per heavy atom. The molecule has 1 amide bonds. The Balaban J connectivity index is 2.53. The quantitative estimate of drug-likeness (QED) is 0.586. The van der Waals surface area contributed by atoms with Crippen molar-refractivity contribution in [3.05, 3.63) is 29.0 Å². The van der Waals surface area contributed by atoms with Gasteiger partial charge in [0.25, 0.3) is 5.91 Å². The van der Waals surface area contributed by atoms with E-state index in [-0.39, 0.29) is 5.91 Å². The average Bonchev–Trinajstić information content (AvgIpc) is 2.29. The molecule has 0 aliphatic heterocycles. The lowest BCUT2D eigenvalue weighted by Crippen LogP contribution is -2.27. The van der Waals surface area contributed by atoms with Crippen LogP contribution in [0, 0.1) is 0 Å². The predicted molar refractivity (Wildman–Crippen MR) is 65.7 cm³/mol. The third kappa shape index (κ3) is 3.81. The maximum Gasteiger partial charge on any atom is 0.255 e. The molecule has 0 N–H and O–H groups in total. The van der Waals surface area contributed by atoms with E-state index < -0.39 is 0 Å². The summed E-state index contributed by atoms with van der Waals surface area (Å²) in [4.78, 5) is 17.5. The average molecular weight is 241 g/mol. The van der Waals surface area contributed by atoms with Gasteiger partial charge in [-0.3, -0.25) is 4.79 Å². The standard InChI is InChI=1S/C12H17ClN2O/c1-3-4-5-8-15(2)12(16)10-6-7-11(13)14-9-10/h6-7,9H,3-5,8H2,1-2H3. The molecule has 0 radical (unpaired) electrons. The number of hydrogen-bond acceptors (Lipinski definition) is 2. The van der Waals surface area contributed by atoms with Crippen molar-refractivity contribution in [3.8, 4) is 0 Å². The van der Waals surface area contributed by atoms with Crippen LogP contribution in [0.25, 0.3) is 0 Å². The highest BCUT2D eigenvalue weighted by Gasteiger charge is 2.11. The maximum absolute atomic E-state index is 11.9. The number of unbranched alkanes of at least 4 members (excludes halogenated alkanes) is 2. The van der Waals surface area contributed by atoms with E-state index in [9.17, 15) is 4.79 Å². The van der Waals surface area contributed by atoms with Crippen LogP contribution in [0.2, 0.25) is 5.15 Å².